The molecule has 92 valence electrons. The number of hydrogen-bond donors (Lipinski definition) is 1. The van der Waals surface area contributed by atoms with Crippen molar-refractivity contribution in [1.82, 2.24) is 9.55 Å². The highest BCUT2D eigenvalue weighted by molar-refractivity contribution is 7.18. The van der Waals surface area contributed by atoms with Gasteiger partial charge in [-0.3, -0.25) is 9.36 Å². The highest BCUT2D eigenvalue weighted by Gasteiger charge is 2.06. The summed E-state index contributed by atoms with van der Waals surface area (Å²) in [5.74, 6) is 0. The van der Waals surface area contributed by atoms with Crippen molar-refractivity contribution in [3.63, 3.8) is 0 Å². The number of aromatic nitrogens is 2. The highest BCUT2D eigenvalue weighted by Crippen LogP contribution is 2.19. The second-order valence-electron chi connectivity index (χ2n) is 3.72. The number of fused-ring (bicyclic) bond motifs is 1. The Morgan fingerprint density at radius 2 is 2.35 bits per heavy atom. The molecule has 0 aromatic carbocycles. The molecule has 0 amide bonds. The molecule has 0 unspecified atom stereocenters. The molecule has 5 nitrogen and oxygen atoms in total. The van der Waals surface area contributed by atoms with Crippen LogP contribution < -0.4 is 11.3 Å². The van der Waals surface area contributed by atoms with E-state index in [-0.39, 0.29) is 5.56 Å². The lowest BCUT2D eigenvalue weighted by molar-refractivity contribution is 0.132. The van der Waals surface area contributed by atoms with E-state index in [4.69, 9.17) is 10.5 Å². The van der Waals surface area contributed by atoms with Gasteiger partial charge in [0.25, 0.3) is 5.56 Å². The lowest BCUT2D eigenvalue weighted by atomic mass is 10.4. The first-order valence-electron chi connectivity index (χ1n) is 5.46. The summed E-state index contributed by atoms with van der Waals surface area (Å²) in [6.45, 7) is 3.97. The topological polar surface area (TPSA) is 70.1 Å². The van der Waals surface area contributed by atoms with Crippen molar-refractivity contribution in [2.45, 2.75) is 13.5 Å². The lowest BCUT2D eigenvalue weighted by Crippen LogP contribution is -2.23. The summed E-state index contributed by atoms with van der Waals surface area (Å²) in [5, 5.41) is 0.689. The Balaban J connectivity index is 2.18. The molecule has 0 spiro atoms. The van der Waals surface area contributed by atoms with Crippen molar-refractivity contribution in [3.8, 4) is 0 Å². The van der Waals surface area contributed by atoms with Gasteiger partial charge in [-0.25, -0.2) is 4.98 Å². The molecule has 0 bridgehead atoms. The predicted octanol–water partition coefficient (Wildman–Crippen LogP) is 0.742. The molecule has 0 fully saturated rings. The van der Waals surface area contributed by atoms with Gasteiger partial charge in [-0.2, -0.15) is 0 Å². The Bertz CT molecular complexity index is 561. The third kappa shape index (κ3) is 2.71. The fourth-order valence-electron chi connectivity index (χ4n) is 1.59. The average Bonchev–Trinajstić information content (AvgIpc) is 2.69. The molecule has 0 saturated carbocycles. The summed E-state index contributed by atoms with van der Waals surface area (Å²) in [7, 11) is 0. The van der Waals surface area contributed by atoms with Crippen LogP contribution in [0.1, 0.15) is 4.88 Å². The van der Waals surface area contributed by atoms with E-state index in [0.717, 1.165) is 9.71 Å². The summed E-state index contributed by atoms with van der Waals surface area (Å²) in [5.41, 5.74) is 5.31. The van der Waals surface area contributed by atoms with Crippen molar-refractivity contribution in [3.05, 3.63) is 27.6 Å². The quantitative estimate of drug-likeness (QED) is 0.798. The Morgan fingerprint density at radius 3 is 3.12 bits per heavy atom. The van der Waals surface area contributed by atoms with Gasteiger partial charge in [0.05, 0.1) is 31.5 Å². The number of nitrogens with zero attached hydrogens (tertiary/aromatic N) is 2. The van der Waals surface area contributed by atoms with Crippen molar-refractivity contribution < 1.29 is 4.74 Å². The van der Waals surface area contributed by atoms with Crippen LogP contribution in [-0.2, 0) is 11.3 Å². The maximum Gasteiger partial charge on any atom is 0.262 e. The average molecular weight is 253 g/mol. The molecule has 17 heavy (non-hydrogen) atoms. The number of nitrogens with two attached hydrogens (primary N) is 1. The molecule has 2 heterocycles. The first-order chi connectivity index (χ1) is 8.22. The molecule has 2 N–H and O–H groups in total. The van der Waals surface area contributed by atoms with Crippen LogP contribution in [0.3, 0.4) is 0 Å². The third-order valence-electron chi connectivity index (χ3n) is 2.38. The van der Waals surface area contributed by atoms with Crippen LogP contribution in [0.2, 0.25) is 0 Å². The van der Waals surface area contributed by atoms with Gasteiger partial charge in [-0.1, -0.05) is 0 Å². The summed E-state index contributed by atoms with van der Waals surface area (Å²) >= 11 is 1.53. The van der Waals surface area contributed by atoms with E-state index in [1.165, 1.54) is 11.3 Å². The lowest BCUT2D eigenvalue weighted by Gasteiger charge is -2.05. The summed E-state index contributed by atoms with van der Waals surface area (Å²) in [6.07, 6.45) is 1.58. The fourth-order valence-corrected chi connectivity index (χ4v) is 2.43. The molecule has 0 atom stereocenters. The first kappa shape index (κ1) is 12.2. The molecule has 0 aliphatic heterocycles. The van der Waals surface area contributed by atoms with Crippen molar-refractivity contribution in [1.29, 1.82) is 0 Å². The summed E-state index contributed by atoms with van der Waals surface area (Å²) in [6, 6.07) is 1.88. The zero-order chi connectivity index (χ0) is 12.3. The minimum atomic E-state index is -0.00398. The van der Waals surface area contributed by atoms with Crippen molar-refractivity contribution in [2.24, 2.45) is 5.73 Å². The van der Waals surface area contributed by atoms with E-state index < -0.39 is 0 Å². The van der Waals surface area contributed by atoms with E-state index in [2.05, 4.69) is 4.98 Å². The predicted molar refractivity (Wildman–Crippen MR) is 68.5 cm³/mol. The second kappa shape index (κ2) is 5.39. The van der Waals surface area contributed by atoms with E-state index in [1.54, 1.807) is 10.9 Å². The molecule has 2 aromatic rings. The molecule has 0 aliphatic carbocycles. The monoisotopic (exact) mass is 253 g/mol. The van der Waals surface area contributed by atoms with E-state index in [9.17, 15) is 4.79 Å². The van der Waals surface area contributed by atoms with Gasteiger partial charge in [0.15, 0.2) is 0 Å². The van der Waals surface area contributed by atoms with E-state index in [0.29, 0.717) is 31.7 Å². The van der Waals surface area contributed by atoms with E-state index in [1.807, 2.05) is 13.0 Å². The minimum absolute atomic E-state index is 0.00398. The fraction of sp³-hybridized carbons (Fsp3) is 0.455. The van der Waals surface area contributed by atoms with Crippen LogP contribution in [0.25, 0.3) is 10.2 Å². The van der Waals surface area contributed by atoms with Crippen LogP contribution in [0.4, 0.5) is 0 Å². The number of hydrogen-bond acceptors (Lipinski definition) is 5. The largest absolute Gasteiger partial charge is 0.378 e. The number of rotatable bonds is 5. The normalized spacial score (nSPS) is 11.2. The third-order valence-corrected chi connectivity index (χ3v) is 3.34. The maximum atomic E-state index is 12.1. The minimum Gasteiger partial charge on any atom is -0.378 e. The Hall–Kier alpha value is -1.24. The van der Waals surface area contributed by atoms with Crippen LogP contribution >= 0.6 is 11.3 Å². The van der Waals surface area contributed by atoms with Gasteiger partial charge >= 0.3 is 0 Å². The van der Waals surface area contributed by atoms with Crippen LogP contribution in [0.15, 0.2) is 17.2 Å². The molecule has 0 saturated heterocycles. The smallest absolute Gasteiger partial charge is 0.262 e. The van der Waals surface area contributed by atoms with Crippen molar-refractivity contribution >= 4 is 21.6 Å². The molecule has 2 rings (SSSR count). The Kier molecular flexibility index (Phi) is 3.88. The Labute approximate surface area is 103 Å². The first-order valence-corrected chi connectivity index (χ1v) is 6.27. The van der Waals surface area contributed by atoms with Gasteiger partial charge in [0, 0.05) is 11.4 Å². The van der Waals surface area contributed by atoms with E-state index >= 15 is 0 Å². The molecule has 6 heteroatoms. The second-order valence-corrected chi connectivity index (χ2v) is 4.95. The molecule has 0 radical (unpaired) electrons. The molecule has 2 aromatic heterocycles. The molecular formula is C11H15N3O2S. The zero-order valence-electron chi connectivity index (χ0n) is 9.68. The van der Waals surface area contributed by atoms with Gasteiger partial charge in [0.1, 0.15) is 4.83 Å². The maximum absolute atomic E-state index is 12.1. The number of ether oxygens (including phenoxy) is 1. The van der Waals surface area contributed by atoms with Gasteiger partial charge in [0.2, 0.25) is 0 Å². The zero-order valence-corrected chi connectivity index (χ0v) is 10.5. The van der Waals surface area contributed by atoms with Gasteiger partial charge in [-0.05, 0) is 13.0 Å². The van der Waals surface area contributed by atoms with Crippen molar-refractivity contribution in [2.75, 3.05) is 19.8 Å². The van der Waals surface area contributed by atoms with Gasteiger partial charge < -0.3 is 10.5 Å². The van der Waals surface area contributed by atoms with Crippen LogP contribution in [0, 0.1) is 6.92 Å². The number of aryl methyl sites for hydroxylation is 1. The summed E-state index contributed by atoms with van der Waals surface area (Å²) < 4.78 is 6.82. The molecule has 0 aliphatic rings. The Morgan fingerprint density at radius 1 is 1.53 bits per heavy atom. The SMILES string of the molecule is Cc1cc2c(=O)n(CCOCCN)cnc2s1. The van der Waals surface area contributed by atoms with Crippen LogP contribution in [0.5, 0.6) is 0 Å². The standard InChI is InChI=1S/C11H15N3O2S/c1-8-6-9-10(17-8)13-7-14(11(9)15)3-5-16-4-2-12/h6-7H,2-5,12H2,1H3. The molecular weight excluding hydrogens is 238 g/mol. The van der Waals surface area contributed by atoms with Crippen LogP contribution in [-0.4, -0.2) is 29.3 Å². The summed E-state index contributed by atoms with van der Waals surface area (Å²) in [4.78, 5) is 18.2. The van der Waals surface area contributed by atoms with Gasteiger partial charge in [-0.15, -0.1) is 11.3 Å². The number of thiophene rings is 1. The highest BCUT2D eigenvalue weighted by atomic mass is 32.1.